The Labute approximate surface area is 115 Å². The summed E-state index contributed by atoms with van der Waals surface area (Å²) in [6.07, 6.45) is 2.53. The topological polar surface area (TPSA) is 68.2 Å². The highest BCUT2D eigenvalue weighted by molar-refractivity contribution is 8.48. The van der Waals surface area contributed by atoms with Crippen LogP contribution >= 0.6 is 19.4 Å². The number of rotatable bonds is 6. The highest BCUT2D eigenvalue weighted by Gasteiger charge is 2.24. The van der Waals surface area contributed by atoms with E-state index in [1.165, 1.54) is 13.8 Å². The molecule has 0 saturated carbocycles. The Morgan fingerprint density at radius 2 is 2.00 bits per heavy atom. The van der Waals surface area contributed by atoms with E-state index >= 15 is 0 Å². The van der Waals surface area contributed by atoms with E-state index in [4.69, 9.17) is 24.2 Å². The molecule has 1 rings (SSSR count). The average molecular weight is 300 g/mol. The van der Waals surface area contributed by atoms with E-state index < -0.39 is 5.79 Å². The van der Waals surface area contributed by atoms with E-state index in [9.17, 15) is 0 Å². The molecule has 1 aliphatic heterocycles. The third-order valence-corrected chi connectivity index (χ3v) is 4.13. The zero-order valence-electron chi connectivity index (χ0n) is 11.5. The van der Waals surface area contributed by atoms with Crippen LogP contribution in [-0.2, 0) is 14.0 Å². The molecule has 0 aliphatic carbocycles. The van der Waals surface area contributed by atoms with Gasteiger partial charge in [0.2, 0.25) is 0 Å². The summed E-state index contributed by atoms with van der Waals surface area (Å²) in [5.41, 5.74) is 0. The van der Waals surface area contributed by atoms with Crippen LogP contribution in [0.4, 0.5) is 0 Å². The van der Waals surface area contributed by atoms with Gasteiger partial charge in [-0.3, -0.25) is 0 Å². The molecule has 3 atom stereocenters. The fourth-order valence-corrected chi connectivity index (χ4v) is 3.26. The van der Waals surface area contributed by atoms with Crippen LogP contribution in [-0.4, -0.2) is 47.9 Å². The first-order valence-corrected chi connectivity index (χ1v) is 8.60. The Balaban J connectivity index is 0.000000494. The van der Waals surface area contributed by atoms with Crippen LogP contribution in [0.25, 0.3) is 0 Å². The molecule has 1 aliphatic rings. The quantitative estimate of drug-likeness (QED) is 0.445. The van der Waals surface area contributed by atoms with Crippen LogP contribution in [0.15, 0.2) is 0 Å². The molecule has 110 valence electrons. The molecule has 1 heterocycles. The number of hydrogen-bond donors (Lipinski definition) is 2. The highest BCUT2D eigenvalue weighted by Crippen LogP contribution is 2.33. The molecule has 0 bridgehead atoms. The van der Waals surface area contributed by atoms with Gasteiger partial charge in [0.1, 0.15) is 0 Å². The molecule has 0 aromatic rings. The van der Waals surface area contributed by atoms with Crippen molar-refractivity contribution in [3.8, 4) is 0 Å². The predicted octanol–water partition coefficient (Wildman–Crippen LogP) is 2.12. The van der Waals surface area contributed by atoms with E-state index in [-0.39, 0.29) is 6.29 Å². The van der Waals surface area contributed by atoms with Crippen molar-refractivity contribution in [2.45, 2.75) is 51.8 Å². The zero-order chi connectivity index (χ0) is 14.0. The normalized spacial score (nSPS) is 24.3. The lowest BCUT2D eigenvalue weighted by molar-refractivity contribution is -0.127. The second-order valence-corrected chi connectivity index (χ2v) is 6.77. The first-order chi connectivity index (χ1) is 8.36. The number of aliphatic hydroxyl groups is 2. The van der Waals surface area contributed by atoms with Gasteiger partial charge in [0.25, 0.3) is 0 Å². The molecular weight excluding hydrogens is 275 g/mol. The van der Waals surface area contributed by atoms with E-state index in [0.717, 1.165) is 25.2 Å². The Hall–Kier alpha value is 0.580. The molecule has 2 N–H and O–H groups in total. The van der Waals surface area contributed by atoms with Crippen molar-refractivity contribution in [2.24, 2.45) is 0 Å². The van der Waals surface area contributed by atoms with Crippen molar-refractivity contribution < 1.29 is 24.2 Å². The summed E-state index contributed by atoms with van der Waals surface area (Å²) in [5, 5.41) is 16.2. The third-order valence-electron chi connectivity index (χ3n) is 1.86. The SMILES string of the molecule is CC(C)(O)O.CCOPSC[C@@H]1CCC(OC)O1. The largest absolute Gasteiger partial charge is 0.366 e. The van der Waals surface area contributed by atoms with Gasteiger partial charge in [-0.2, -0.15) is 0 Å². The maximum atomic E-state index is 8.08. The molecule has 0 amide bonds. The monoisotopic (exact) mass is 300 g/mol. The summed E-state index contributed by atoms with van der Waals surface area (Å²) in [4.78, 5) is 0. The second kappa shape index (κ2) is 10.4. The first kappa shape index (κ1) is 18.6. The summed E-state index contributed by atoms with van der Waals surface area (Å²) < 4.78 is 16.0. The fraction of sp³-hybridized carbons (Fsp3) is 1.00. The van der Waals surface area contributed by atoms with E-state index in [2.05, 4.69) is 0 Å². The standard InChI is InChI=1S/C8H17O3PS.C3H8O2/c1-3-10-12-13-6-7-4-5-8(9-2)11-7;1-3(2,4)5/h7-8,12H,3-6H2,1-2H3;4-5H,1-2H3/t7-,8?;/m0./s1. The van der Waals surface area contributed by atoms with Crippen LogP contribution in [0.3, 0.4) is 0 Å². The lowest BCUT2D eigenvalue weighted by Crippen LogP contribution is -2.15. The second-order valence-electron chi connectivity index (χ2n) is 4.32. The van der Waals surface area contributed by atoms with Crippen LogP contribution in [0, 0.1) is 0 Å². The van der Waals surface area contributed by atoms with Crippen molar-refractivity contribution in [1.82, 2.24) is 0 Å². The molecule has 1 saturated heterocycles. The number of methoxy groups -OCH3 is 1. The minimum Gasteiger partial charge on any atom is -0.366 e. The summed E-state index contributed by atoms with van der Waals surface area (Å²) >= 11 is 1.81. The van der Waals surface area contributed by atoms with E-state index in [1.807, 2.05) is 18.3 Å². The minimum absolute atomic E-state index is 0.0287. The molecular formula is C11H25O5PS. The van der Waals surface area contributed by atoms with Crippen molar-refractivity contribution in [3.63, 3.8) is 0 Å². The summed E-state index contributed by atoms with van der Waals surface area (Å²) in [5.74, 6) is -0.474. The smallest absolute Gasteiger partial charge is 0.157 e. The van der Waals surface area contributed by atoms with Gasteiger partial charge in [0.05, 0.1) is 14.1 Å². The molecule has 7 heteroatoms. The Morgan fingerprint density at radius 1 is 1.39 bits per heavy atom. The van der Waals surface area contributed by atoms with Crippen LogP contribution < -0.4 is 0 Å². The molecule has 0 aromatic heterocycles. The van der Waals surface area contributed by atoms with Crippen LogP contribution in [0.1, 0.15) is 33.6 Å². The third kappa shape index (κ3) is 13.0. The Kier molecular flexibility index (Phi) is 10.7. The van der Waals surface area contributed by atoms with Crippen LogP contribution in [0.5, 0.6) is 0 Å². The lowest BCUT2D eigenvalue weighted by atomic mass is 10.3. The van der Waals surface area contributed by atoms with Gasteiger partial charge in [-0.15, -0.1) is 11.4 Å². The van der Waals surface area contributed by atoms with Gasteiger partial charge in [0, 0.05) is 25.9 Å². The molecule has 0 aromatic carbocycles. The Bertz CT molecular complexity index is 194. The maximum absolute atomic E-state index is 8.08. The van der Waals surface area contributed by atoms with Crippen LogP contribution in [0.2, 0.25) is 0 Å². The molecule has 0 radical (unpaired) electrons. The zero-order valence-corrected chi connectivity index (χ0v) is 13.3. The van der Waals surface area contributed by atoms with E-state index in [1.54, 1.807) is 7.11 Å². The lowest BCUT2D eigenvalue weighted by Gasteiger charge is -2.11. The molecule has 1 fully saturated rings. The van der Waals surface area contributed by atoms with Gasteiger partial charge >= 0.3 is 0 Å². The van der Waals surface area contributed by atoms with Gasteiger partial charge in [-0.25, -0.2) is 0 Å². The molecule has 0 spiro atoms. The highest BCUT2D eigenvalue weighted by atomic mass is 32.7. The maximum Gasteiger partial charge on any atom is 0.157 e. The van der Waals surface area contributed by atoms with Crippen molar-refractivity contribution in [3.05, 3.63) is 0 Å². The Morgan fingerprint density at radius 3 is 2.44 bits per heavy atom. The fourth-order valence-electron chi connectivity index (χ4n) is 1.20. The van der Waals surface area contributed by atoms with Gasteiger partial charge in [-0.05, 0) is 27.2 Å². The molecule has 18 heavy (non-hydrogen) atoms. The van der Waals surface area contributed by atoms with E-state index in [0.29, 0.717) is 14.1 Å². The van der Waals surface area contributed by atoms with Crippen molar-refractivity contribution in [2.75, 3.05) is 19.5 Å². The summed E-state index contributed by atoms with van der Waals surface area (Å²) in [6.45, 7) is 5.41. The van der Waals surface area contributed by atoms with Crippen molar-refractivity contribution in [1.29, 1.82) is 0 Å². The molecule has 5 nitrogen and oxygen atoms in total. The average Bonchev–Trinajstić information content (AvgIpc) is 2.70. The minimum atomic E-state index is -1.50. The van der Waals surface area contributed by atoms with Gasteiger partial charge < -0.3 is 24.2 Å². The van der Waals surface area contributed by atoms with Gasteiger partial charge in [-0.1, -0.05) is 0 Å². The number of ether oxygens (including phenoxy) is 2. The van der Waals surface area contributed by atoms with Gasteiger partial charge in [0.15, 0.2) is 12.1 Å². The number of hydrogen-bond acceptors (Lipinski definition) is 6. The summed E-state index contributed by atoms with van der Waals surface area (Å²) in [6, 6.07) is 0. The predicted molar refractivity (Wildman–Crippen MR) is 75.8 cm³/mol. The van der Waals surface area contributed by atoms with Crippen molar-refractivity contribution >= 4 is 19.4 Å². The summed E-state index contributed by atoms with van der Waals surface area (Å²) in [7, 11) is 2.24. The molecule has 2 unspecified atom stereocenters. The first-order valence-electron chi connectivity index (χ1n) is 5.98.